The lowest BCUT2D eigenvalue weighted by Crippen LogP contribution is -2.56. The van der Waals surface area contributed by atoms with Crippen LogP contribution in [0.5, 0.6) is 0 Å². The van der Waals surface area contributed by atoms with Crippen LogP contribution in [0.25, 0.3) is 0 Å². The molecule has 18 rings (SSSR count). The lowest BCUT2D eigenvalue weighted by Gasteiger charge is -2.32. The highest BCUT2D eigenvalue weighted by atomic mass is 32.2. The molecule has 3 saturated heterocycles. The second-order valence-corrected chi connectivity index (χ2v) is 50.3. The molecule has 3 aromatic rings. The fourth-order valence-corrected chi connectivity index (χ4v) is 27.3. The predicted molar refractivity (Wildman–Crippen MR) is 552 cm³/mol. The number of amides is 15. The van der Waals surface area contributed by atoms with E-state index in [-0.39, 0.29) is 95.8 Å². The number of benzene rings is 3. The second-order valence-electron chi connectivity index (χ2n) is 44.5. The molecule has 15 amide bonds. The maximum atomic E-state index is 14.3. The van der Waals surface area contributed by atoms with Crippen LogP contribution in [-0.4, -0.2) is 289 Å². The first kappa shape index (κ1) is 111. The molecule has 39 nitrogen and oxygen atoms in total. The van der Waals surface area contributed by atoms with Crippen LogP contribution in [0.1, 0.15) is 258 Å². The van der Waals surface area contributed by atoms with E-state index in [0.717, 1.165) is 117 Å². The first-order valence-electron chi connectivity index (χ1n) is 53.7. The summed E-state index contributed by atoms with van der Waals surface area (Å²) in [6, 6.07) is 11.2. The minimum absolute atomic E-state index is 0.0117. The van der Waals surface area contributed by atoms with Crippen LogP contribution in [0.4, 0.5) is 28.8 Å². The van der Waals surface area contributed by atoms with Gasteiger partial charge >= 0.3 is 36.4 Å². The average molecular weight is 2140 g/mol. The number of aryl methyl sites for hydroxylation is 3. The Kier molecular flexibility index (Phi) is 34.0. The molecular formula is C108H147N15O24S3. The Balaban J connectivity index is 0.000000160. The van der Waals surface area contributed by atoms with Crippen molar-refractivity contribution in [2.45, 2.75) is 336 Å². The highest BCUT2D eigenvalue weighted by Crippen LogP contribution is 2.60. The molecule has 0 unspecified atom stereocenters. The molecule has 12 bridgehead atoms. The monoisotopic (exact) mass is 2130 g/mol. The quantitative estimate of drug-likeness (QED) is 0.0321. The lowest BCUT2D eigenvalue weighted by molar-refractivity contribution is -0.141. The Hall–Kier alpha value is -11.8. The Morgan fingerprint density at radius 2 is 0.713 bits per heavy atom. The Morgan fingerprint density at radius 1 is 0.413 bits per heavy atom. The summed E-state index contributed by atoms with van der Waals surface area (Å²) in [7, 11) is -6.47. The SMILES string of the molecule is C=C[C@@H]1C[C@]1(CC(=O)[C@@H]1C[C@@H]2CN1C(=O)[C@H](C(C)C)NC(=O)N(C)CCCCCc1cccc3c1CN(C3)C(=O)O2)C(=O)NS(=O)(=O)C1CC1.C=C[C@@H]1C[C@]1(CC(=O)[C@@H]1C[C@@H]2CN1C(=O)[C@H](CC)NC(=O)N(C)CCCCCc1cccc3c1CN(C3)C(=O)O2)C(=O)NS(=O)(=O)C1CC1.C=C[C@@H]1C[C@]1(CC(=O)[C@@H]1C[C@@H]2CN1C(=O)[C@H](CCCC)NC(=O)N(C)CCCCCc1cccc3c1CN(C3)C(=O)O2)C(=O)NS(=O)(=O)C1CC1. The summed E-state index contributed by atoms with van der Waals surface area (Å²) in [4.78, 5) is 220. The van der Waals surface area contributed by atoms with E-state index in [2.05, 4.69) is 68.1 Å². The molecule has 0 spiro atoms. The number of allylic oxidation sites excluding steroid dienone is 3. The first-order valence-corrected chi connectivity index (χ1v) is 58.4. The van der Waals surface area contributed by atoms with Gasteiger partial charge in [0, 0.05) is 119 Å². The number of ketones is 3. The molecule has 9 aliphatic heterocycles. The molecule has 816 valence electrons. The summed E-state index contributed by atoms with van der Waals surface area (Å²) in [5.74, 6) is -6.49. The summed E-state index contributed by atoms with van der Waals surface area (Å²) in [5.41, 5.74) is 6.21. The van der Waals surface area contributed by atoms with Gasteiger partial charge in [0.1, 0.15) is 36.4 Å². The molecule has 0 radical (unpaired) electrons. The fourth-order valence-electron chi connectivity index (χ4n) is 23.1. The number of Topliss-reactive ketones (excluding diaryl/α,β-unsaturated/α-hetero) is 3. The molecule has 6 saturated carbocycles. The maximum absolute atomic E-state index is 14.3. The van der Waals surface area contributed by atoms with Gasteiger partial charge in [-0.1, -0.05) is 133 Å². The van der Waals surface area contributed by atoms with Gasteiger partial charge in [-0.15, -0.1) is 19.7 Å². The van der Waals surface area contributed by atoms with Crippen molar-refractivity contribution in [2.75, 3.05) is 60.4 Å². The van der Waals surface area contributed by atoms with Crippen molar-refractivity contribution < 1.29 is 111 Å². The number of carbonyl (C=O) groups is 15. The minimum Gasteiger partial charge on any atom is -0.444 e. The van der Waals surface area contributed by atoms with Crippen LogP contribution in [0, 0.1) is 39.9 Å². The summed E-state index contributed by atoms with van der Waals surface area (Å²) in [6.45, 7) is 22.5. The van der Waals surface area contributed by atoms with E-state index in [4.69, 9.17) is 14.2 Å². The van der Waals surface area contributed by atoms with Crippen LogP contribution in [0.15, 0.2) is 92.6 Å². The molecule has 9 fully saturated rings. The Labute approximate surface area is 878 Å². The van der Waals surface area contributed by atoms with Crippen molar-refractivity contribution in [1.82, 2.24) is 74.2 Å². The van der Waals surface area contributed by atoms with Gasteiger partial charge in [0.05, 0.1) is 69.8 Å². The van der Waals surface area contributed by atoms with E-state index in [1.807, 2.05) is 43.3 Å². The molecule has 0 aromatic heterocycles. The molecule has 3 aromatic carbocycles. The molecule has 150 heavy (non-hydrogen) atoms. The topological polar surface area (TPSA) is 487 Å². The number of carbonyl (C=O) groups excluding carboxylic acids is 15. The molecule has 15 atom stereocenters. The molecule has 9 heterocycles. The highest BCUT2D eigenvalue weighted by Gasteiger charge is 2.65. The minimum atomic E-state index is -3.85. The standard InChI is InChI=1S/C37H51N5O8S.C36H49N5O8S.C35H47N5O8S/c1-4-6-14-30-33(44)42-22-27(18-31(42)32(43)20-37(19-26(37)5-2)34(45)39-51(48,49)28-15-16-28)50-36(47)41-21-25-13-10-12-24(29(25)23-41)11-8-7-9-17-40(3)35(46)38-30;1-5-25-17-36(25,33(44)38-50(47,48)27-13-14-27)18-30(42)29-16-26-20-41(29)32(43)31(22(2)3)37-34(45)39(4)15-8-6-7-10-23-11-9-12-24-19-40(21-28(23)24)35(46)49-26;1-4-24-17-35(24,32(43)37-49(46,47)26-13-14-26)18-30(41)29-16-25-20-40(29)31(42)28(5-2)36-33(44)38(3)15-8-6-7-10-22-11-9-12-23-19-39(21-27(22)23)34(45)48-25/h5,10,12-13,26-28,30-31H,2,4,6-9,11,14-23H2,1,3H3,(H,38,46)(H,39,45);5,9,11-12,22,25-27,29,31H,1,6-8,10,13-21H2,2-4H3,(H,37,45)(H,38,44);4,9,11-12,24-26,28-29H,1,5-8,10,13-21H2,2-3H3,(H,36,44)(H,37,43)/t26-,27-,30+,31+,37-;25-,26-,29+,31+,36-;24-,25-,28+,29+,35-/m111/s1. The van der Waals surface area contributed by atoms with Crippen molar-refractivity contribution in [1.29, 1.82) is 0 Å². The van der Waals surface area contributed by atoms with Crippen LogP contribution in [0.3, 0.4) is 0 Å². The number of rotatable bonds is 26. The van der Waals surface area contributed by atoms with Gasteiger partial charge in [0.15, 0.2) is 17.3 Å². The van der Waals surface area contributed by atoms with E-state index in [1.165, 1.54) is 31.4 Å². The number of sulfonamides is 3. The third-order valence-electron chi connectivity index (χ3n) is 33.3. The van der Waals surface area contributed by atoms with Gasteiger partial charge in [-0.2, -0.15) is 0 Å². The van der Waals surface area contributed by atoms with E-state index in [9.17, 15) is 97.2 Å². The molecule has 42 heteroatoms. The van der Waals surface area contributed by atoms with Gasteiger partial charge in [-0.3, -0.25) is 72.0 Å². The van der Waals surface area contributed by atoms with E-state index in [1.54, 1.807) is 89.5 Å². The van der Waals surface area contributed by atoms with Crippen molar-refractivity contribution in [2.24, 2.45) is 39.9 Å². The largest absolute Gasteiger partial charge is 0.444 e. The lowest BCUT2D eigenvalue weighted by atomic mass is 9.91. The predicted octanol–water partition coefficient (Wildman–Crippen LogP) is 10.1. The van der Waals surface area contributed by atoms with Crippen molar-refractivity contribution in [3.05, 3.63) is 143 Å². The van der Waals surface area contributed by atoms with Crippen LogP contribution in [-0.2, 0) is 146 Å². The van der Waals surface area contributed by atoms with E-state index in [0.29, 0.717) is 110 Å². The number of urea groups is 3. The number of unbranched alkanes of at least 4 members (excludes halogenated alkanes) is 1. The average Bonchev–Trinajstić information content (AvgIpc) is 1.58. The Bertz CT molecular complexity index is 6150. The van der Waals surface area contributed by atoms with Crippen LogP contribution >= 0.6 is 0 Å². The van der Waals surface area contributed by atoms with Crippen molar-refractivity contribution in [3.8, 4) is 0 Å². The van der Waals surface area contributed by atoms with Gasteiger partial charge in [-0.25, -0.2) is 54.0 Å². The third-order valence-corrected chi connectivity index (χ3v) is 38.7. The number of nitrogens with one attached hydrogen (secondary N) is 6. The summed E-state index contributed by atoms with van der Waals surface area (Å²) < 4.78 is 100. The molecular weight excluding hydrogens is 1990 g/mol. The van der Waals surface area contributed by atoms with Gasteiger partial charge in [-0.05, 0) is 202 Å². The molecule has 6 aliphatic carbocycles. The van der Waals surface area contributed by atoms with Crippen LogP contribution in [0.2, 0.25) is 0 Å². The summed E-state index contributed by atoms with van der Waals surface area (Å²) >= 11 is 0. The van der Waals surface area contributed by atoms with Crippen molar-refractivity contribution in [3.63, 3.8) is 0 Å². The zero-order chi connectivity index (χ0) is 108. The zero-order valence-corrected chi connectivity index (χ0v) is 89.7. The normalized spacial score (nSPS) is 29.0. The Morgan fingerprint density at radius 3 is 1.01 bits per heavy atom. The number of hydrogen-bond donors (Lipinski definition) is 6. The van der Waals surface area contributed by atoms with Crippen molar-refractivity contribution >= 4 is 119 Å². The fraction of sp³-hybridized carbons (Fsp3) is 0.639. The number of fused-ring (bicyclic) bond motifs is 9. The molecule has 15 aliphatic rings. The van der Waals surface area contributed by atoms with Gasteiger partial charge in [0.25, 0.3) is 0 Å². The second kappa shape index (κ2) is 46.0. The number of nitrogens with zero attached hydrogens (tertiary/aromatic N) is 9. The maximum Gasteiger partial charge on any atom is 0.410 e. The van der Waals surface area contributed by atoms with E-state index >= 15 is 0 Å². The third kappa shape index (κ3) is 24.9. The van der Waals surface area contributed by atoms with Gasteiger partial charge < -0.3 is 59.6 Å². The highest BCUT2D eigenvalue weighted by molar-refractivity contribution is 7.91. The first-order chi connectivity index (χ1) is 71.5. The zero-order valence-electron chi connectivity index (χ0n) is 87.2. The summed E-state index contributed by atoms with van der Waals surface area (Å²) in [6.07, 6.45) is 15.9. The number of ether oxygens (including phenoxy) is 3. The van der Waals surface area contributed by atoms with Gasteiger partial charge in [0.2, 0.25) is 65.5 Å². The van der Waals surface area contributed by atoms with Crippen LogP contribution < -0.4 is 30.1 Å². The summed E-state index contributed by atoms with van der Waals surface area (Å²) in [5, 5.41) is 6.77. The smallest absolute Gasteiger partial charge is 0.410 e. The number of hydrogen-bond acceptors (Lipinski definition) is 24. The molecule has 6 N–H and O–H groups in total. The van der Waals surface area contributed by atoms with E-state index < -0.39 is 218 Å².